The Morgan fingerprint density at radius 3 is 2.79 bits per heavy atom. The first-order valence-corrected chi connectivity index (χ1v) is 7.76. The van der Waals surface area contributed by atoms with E-state index in [0.717, 1.165) is 23.7 Å². The van der Waals surface area contributed by atoms with Crippen molar-refractivity contribution in [3.63, 3.8) is 0 Å². The van der Waals surface area contributed by atoms with Gasteiger partial charge < -0.3 is 5.32 Å². The fourth-order valence-electron chi connectivity index (χ4n) is 2.13. The summed E-state index contributed by atoms with van der Waals surface area (Å²) in [5.74, 6) is 0. The van der Waals surface area contributed by atoms with Crippen molar-refractivity contribution in [1.29, 1.82) is 0 Å². The highest BCUT2D eigenvalue weighted by atomic mass is 32.1. The Morgan fingerprint density at radius 1 is 1.32 bits per heavy atom. The van der Waals surface area contributed by atoms with Gasteiger partial charge in [0.05, 0.1) is 5.69 Å². The number of rotatable bonds is 5. The van der Waals surface area contributed by atoms with Crippen LogP contribution in [-0.4, -0.2) is 11.5 Å². The van der Waals surface area contributed by atoms with Crippen LogP contribution in [0.3, 0.4) is 0 Å². The Kier molecular flexibility index (Phi) is 4.72. The Hall–Kier alpha value is -1.19. The molecule has 0 aliphatic rings. The van der Waals surface area contributed by atoms with Gasteiger partial charge in [0, 0.05) is 17.0 Å². The summed E-state index contributed by atoms with van der Waals surface area (Å²) >= 11 is 1.73. The van der Waals surface area contributed by atoms with E-state index in [0.29, 0.717) is 6.04 Å². The molecule has 0 aliphatic carbocycles. The fraction of sp³-hybridized carbons (Fsp3) is 0.438. The summed E-state index contributed by atoms with van der Waals surface area (Å²) in [6, 6.07) is 6.88. The zero-order valence-corrected chi connectivity index (χ0v) is 13.0. The second-order valence-corrected chi connectivity index (χ2v) is 5.93. The minimum atomic E-state index is 0.329. The average Bonchev–Trinajstić information content (AvgIpc) is 2.85. The Labute approximate surface area is 119 Å². The van der Waals surface area contributed by atoms with Crippen molar-refractivity contribution in [2.75, 3.05) is 6.54 Å². The van der Waals surface area contributed by atoms with Crippen LogP contribution < -0.4 is 5.32 Å². The van der Waals surface area contributed by atoms with E-state index in [-0.39, 0.29) is 0 Å². The van der Waals surface area contributed by atoms with Gasteiger partial charge in [-0.2, -0.15) is 0 Å². The molecule has 19 heavy (non-hydrogen) atoms. The van der Waals surface area contributed by atoms with Gasteiger partial charge in [-0.05, 0) is 39.3 Å². The van der Waals surface area contributed by atoms with Gasteiger partial charge >= 0.3 is 0 Å². The van der Waals surface area contributed by atoms with Crippen molar-refractivity contribution in [2.24, 2.45) is 0 Å². The highest BCUT2D eigenvalue weighted by molar-refractivity contribution is 7.13. The molecule has 0 bridgehead atoms. The average molecular weight is 274 g/mol. The molecule has 3 heteroatoms. The van der Waals surface area contributed by atoms with Crippen LogP contribution in [0, 0.1) is 13.8 Å². The minimum Gasteiger partial charge on any atom is -0.309 e. The minimum absolute atomic E-state index is 0.329. The molecule has 0 saturated carbocycles. The summed E-state index contributed by atoms with van der Waals surface area (Å²) in [5.41, 5.74) is 5.00. The van der Waals surface area contributed by atoms with E-state index in [1.54, 1.807) is 11.3 Å². The van der Waals surface area contributed by atoms with E-state index in [1.165, 1.54) is 16.7 Å². The first kappa shape index (κ1) is 14.2. The van der Waals surface area contributed by atoms with Gasteiger partial charge in [0.2, 0.25) is 0 Å². The zero-order valence-electron chi connectivity index (χ0n) is 12.2. The van der Waals surface area contributed by atoms with E-state index in [1.807, 2.05) is 0 Å². The number of aryl methyl sites for hydroxylation is 2. The number of thiazole rings is 1. The molecule has 0 amide bonds. The predicted octanol–water partition coefficient (Wildman–Crippen LogP) is 4.49. The third-order valence-electron chi connectivity index (χ3n) is 3.28. The number of hydrogen-bond donors (Lipinski definition) is 1. The maximum Gasteiger partial charge on any atom is 0.123 e. The lowest BCUT2D eigenvalue weighted by Crippen LogP contribution is -2.19. The van der Waals surface area contributed by atoms with Crippen molar-refractivity contribution in [3.8, 4) is 10.6 Å². The highest BCUT2D eigenvalue weighted by Gasteiger charge is 2.11. The summed E-state index contributed by atoms with van der Waals surface area (Å²) in [6.45, 7) is 9.68. The molecule has 1 N–H and O–H groups in total. The standard InChI is InChI=1S/C16H22N2S/c1-5-8-17-13(4)15-10-19-16(18-15)14-7-6-11(2)9-12(14)3/h6-7,9-10,13,17H,5,8H2,1-4H3. The molecule has 0 aliphatic heterocycles. The summed E-state index contributed by atoms with van der Waals surface area (Å²) in [4.78, 5) is 4.78. The second kappa shape index (κ2) is 6.31. The number of benzene rings is 1. The molecule has 0 fully saturated rings. The zero-order chi connectivity index (χ0) is 13.8. The normalized spacial score (nSPS) is 12.6. The van der Waals surface area contributed by atoms with E-state index in [9.17, 15) is 0 Å². The molecule has 1 aromatic carbocycles. The molecule has 2 nitrogen and oxygen atoms in total. The summed E-state index contributed by atoms with van der Waals surface area (Å²) in [7, 11) is 0. The molecule has 0 saturated heterocycles. The van der Waals surface area contributed by atoms with Gasteiger partial charge in [0.15, 0.2) is 0 Å². The fourth-order valence-corrected chi connectivity index (χ4v) is 3.13. The molecule has 2 aromatic rings. The molecule has 1 heterocycles. The summed E-state index contributed by atoms with van der Waals surface area (Å²) < 4.78 is 0. The van der Waals surface area contributed by atoms with Crippen molar-refractivity contribution in [2.45, 2.75) is 40.2 Å². The van der Waals surface area contributed by atoms with Gasteiger partial charge in [-0.3, -0.25) is 0 Å². The monoisotopic (exact) mass is 274 g/mol. The summed E-state index contributed by atoms with van der Waals surface area (Å²) in [6.07, 6.45) is 1.15. The van der Waals surface area contributed by atoms with Crippen LogP contribution in [0.25, 0.3) is 10.6 Å². The molecule has 2 rings (SSSR count). The third kappa shape index (κ3) is 3.43. The maximum absolute atomic E-state index is 4.78. The van der Waals surface area contributed by atoms with Crippen LogP contribution in [0.4, 0.5) is 0 Å². The van der Waals surface area contributed by atoms with Crippen LogP contribution in [0.15, 0.2) is 23.6 Å². The number of nitrogens with zero attached hydrogens (tertiary/aromatic N) is 1. The van der Waals surface area contributed by atoms with Gasteiger partial charge in [0.1, 0.15) is 5.01 Å². The van der Waals surface area contributed by atoms with Crippen molar-refractivity contribution < 1.29 is 0 Å². The highest BCUT2D eigenvalue weighted by Crippen LogP contribution is 2.29. The molecule has 1 aromatic heterocycles. The van der Waals surface area contributed by atoms with E-state index >= 15 is 0 Å². The SMILES string of the molecule is CCCNC(C)c1csc(-c2ccc(C)cc2C)n1. The second-order valence-electron chi connectivity index (χ2n) is 5.07. The number of nitrogens with one attached hydrogen (secondary N) is 1. The third-order valence-corrected chi connectivity index (χ3v) is 4.17. The molecule has 1 atom stereocenters. The largest absolute Gasteiger partial charge is 0.309 e. The predicted molar refractivity (Wildman–Crippen MR) is 83.7 cm³/mol. The van der Waals surface area contributed by atoms with Crippen molar-refractivity contribution >= 4 is 11.3 Å². The maximum atomic E-state index is 4.78. The van der Waals surface area contributed by atoms with Gasteiger partial charge in [0.25, 0.3) is 0 Å². The van der Waals surface area contributed by atoms with Crippen LogP contribution in [-0.2, 0) is 0 Å². The Morgan fingerprint density at radius 2 is 2.11 bits per heavy atom. The molecule has 1 unspecified atom stereocenters. The first-order chi connectivity index (χ1) is 9.11. The lowest BCUT2D eigenvalue weighted by molar-refractivity contribution is 0.561. The van der Waals surface area contributed by atoms with Crippen LogP contribution >= 0.6 is 11.3 Å². The van der Waals surface area contributed by atoms with Crippen molar-refractivity contribution in [1.82, 2.24) is 10.3 Å². The van der Waals surface area contributed by atoms with Crippen LogP contribution in [0.2, 0.25) is 0 Å². The lowest BCUT2D eigenvalue weighted by Gasteiger charge is -2.10. The van der Waals surface area contributed by atoms with Gasteiger partial charge in [-0.25, -0.2) is 4.98 Å². The van der Waals surface area contributed by atoms with E-state index in [2.05, 4.69) is 56.6 Å². The Bertz CT molecular complexity index is 545. The molecule has 102 valence electrons. The Balaban J connectivity index is 2.20. The molecular weight excluding hydrogens is 252 g/mol. The topological polar surface area (TPSA) is 24.9 Å². The quantitative estimate of drug-likeness (QED) is 0.869. The van der Waals surface area contributed by atoms with Crippen LogP contribution in [0.5, 0.6) is 0 Å². The smallest absolute Gasteiger partial charge is 0.123 e. The van der Waals surface area contributed by atoms with E-state index in [4.69, 9.17) is 4.98 Å². The molecular formula is C16H22N2S. The van der Waals surface area contributed by atoms with Gasteiger partial charge in [-0.15, -0.1) is 11.3 Å². The van der Waals surface area contributed by atoms with Gasteiger partial charge in [-0.1, -0.05) is 30.7 Å². The summed E-state index contributed by atoms with van der Waals surface area (Å²) in [5, 5.41) is 6.77. The first-order valence-electron chi connectivity index (χ1n) is 6.88. The number of aromatic nitrogens is 1. The van der Waals surface area contributed by atoms with E-state index < -0.39 is 0 Å². The number of hydrogen-bond acceptors (Lipinski definition) is 3. The van der Waals surface area contributed by atoms with Crippen LogP contribution in [0.1, 0.15) is 43.1 Å². The van der Waals surface area contributed by atoms with Crippen molar-refractivity contribution in [3.05, 3.63) is 40.4 Å². The lowest BCUT2D eigenvalue weighted by atomic mass is 10.1. The molecule has 0 spiro atoms. The molecule has 0 radical (unpaired) electrons.